The zero-order chi connectivity index (χ0) is 20.1. The first-order valence-electron chi connectivity index (χ1n) is 9.84. The first-order chi connectivity index (χ1) is 12.7. The zero-order valence-corrected chi connectivity index (χ0v) is 17.8. The van der Waals surface area contributed by atoms with Crippen LogP contribution in [0, 0.1) is 0 Å². The highest BCUT2D eigenvalue weighted by molar-refractivity contribution is 6.17. The lowest BCUT2D eigenvalue weighted by Crippen LogP contribution is -2.20. The van der Waals surface area contributed by atoms with E-state index in [9.17, 15) is 10.2 Å². The van der Waals surface area contributed by atoms with Gasteiger partial charge in [-0.15, -0.1) is 11.6 Å². The molecule has 2 N–H and O–H groups in total. The first kappa shape index (κ1) is 21.6. The molecule has 2 aromatic rings. The van der Waals surface area contributed by atoms with E-state index >= 15 is 0 Å². The fraction of sp³-hybridized carbons (Fsp3) is 0.500. The van der Waals surface area contributed by atoms with E-state index in [2.05, 4.69) is 52.0 Å². The van der Waals surface area contributed by atoms with Gasteiger partial charge in [-0.3, -0.25) is 0 Å². The van der Waals surface area contributed by atoms with Gasteiger partial charge in [0.1, 0.15) is 11.5 Å². The van der Waals surface area contributed by atoms with Gasteiger partial charge < -0.3 is 10.2 Å². The Balaban J connectivity index is 2.15. The third-order valence-corrected chi connectivity index (χ3v) is 5.88. The van der Waals surface area contributed by atoms with E-state index in [1.165, 1.54) is 5.56 Å². The topological polar surface area (TPSA) is 40.5 Å². The molecule has 0 bridgehead atoms. The summed E-state index contributed by atoms with van der Waals surface area (Å²) in [6.45, 7) is 8.42. The minimum atomic E-state index is -0.230. The summed E-state index contributed by atoms with van der Waals surface area (Å²) >= 11 is 5.83. The van der Waals surface area contributed by atoms with Gasteiger partial charge in [0.25, 0.3) is 0 Å². The minimum Gasteiger partial charge on any atom is -0.508 e. The lowest BCUT2D eigenvalue weighted by Gasteiger charge is -2.30. The van der Waals surface area contributed by atoms with Gasteiger partial charge in [-0.05, 0) is 60.6 Å². The monoisotopic (exact) mass is 388 g/mol. The van der Waals surface area contributed by atoms with E-state index in [-0.39, 0.29) is 22.3 Å². The second kappa shape index (κ2) is 9.01. The van der Waals surface area contributed by atoms with Crippen molar-refractivity contribution >= 4 is 11.6 Å². The van der Waals surface area contributed by atoms with Crippen LogP contribution >= 0.6 is 11.6 Å². The molecule has 0 aliphatic rings. The van der Waals surface area contributed by atoms with Crippen LogP contribution in [0.15, 0.2) is 42.5 Å². The van der Waals surface area contributed by atoms with Gasteiger partial charge >= 0.3 is 0 Å². The number of aryl methyl sites for hydroxylation is 1. The molecule has 0 radical (unpaired) electrons. The Morgan fingerprint density at radius 3 is 1.74 bits per heavy atom. The second-order valence-corrected chi connectivity index (χ2v) is 9.16. The standard InChI is InChI=1S/C24H33ClO2/c1-23(2,13-8-12-18-10-6-5-7-11-18)19-16-22(27)20(17-21(19)26)24(3,4)14-9-15-25/h5-7,10-11,16-17,26-27H,8-9,12-15H2,1-4H3. The summed E-state index contributed by atoms with van der Waals surface area (Å²) in [6, 6.07) is 14.0. The Labute approximate surface area is 169 Å². The molecule has 27 heavy (non-hydrogen) atoms. The molecular weight excluding hydrogens is 356 g/mol. The molecule has 0 aliphatic carbocycles. The Morgan fingerprint density at radius 1 is 0.778 bits per heavy atom. The normalized spacial score (nSPS) is 12.3. The molecule has 0 amide bonds. The average molecular weight is 389 g/mol. The highest BCUT2D eigenvalue weighted by Crippen LogP contribution is 2.43. The zero-order valence-electron chi connectivity index (χ0n) is 17.1. The highest BCUT2D eigenvalue weighted by atomic mass is 35.5. The van der Waals surface area contributed by atoms with E-state index < -0.39 is 0 Å². The van der Waals surface area contributed by atoms with Crippen LogP contribution in [0.3, 0.4) is 0 Å². The smallest absolute Gasteiger partial charge is 0.119 e. The second-order valence-electron chi connectivity index (χ2n) is 8.79. The molecule has 2 rings (SSSR count). The molecule has 0 saturated heterocycles. The van der Waals surface area contributed by atoms with Crippen molar-refractivity contribution in [2.75, 3.05) is 5.88 Å². The van der Waals surface area contributed by atoms with Crippen molar-refractivity contribution in [1.29, 1.82) is 0 Å². The van der Waals surface area contributed by atoms with Crippen LogP contribution in [-0.4, -0.2) is 16.1 Å². The van der Waals surface area contributed by atoms with Crippen LogP contribution in [0.4, 0.5) is 0 Å². The van der Waals surface area contributed by atoms with Gasteiger partial charge in [0, 0.05) is 17.0 Å². The fourth-order valence-electron chi connectivity index (χ4n) is 3.82. The Bertz CT molecular complexity index is 736. The molecule has 0 atom stereocenters. The molecule has 0 fully saturated rings. The van der Waals surface area contributed by atoms with Gasteiger partial charge in [0.2, 0.25) is 0 Å². The Kier molecular flexibility index (Phi) is 7.22. The van der Waals surface area contributed by atoms with E-state index in [1.54, 1.807) is 12.1 Å². The van der Waals surface area contributed by atoms with Crippen molar-refractivity contribution in [3.05, 3.63) is 59.2 Å². The summed E-state index contributed by atoms with van der Waals surface area (Å²) in [5.41, 5.74) is 2.48. The van der Waals surface area contributed by atoms with E-state index in [1.807, 2.05) is 6.07 Å². The third-order valence-electron chi connectivity index (χ3n) is 5.62. The molecule has 2 aromatic carbocycles. The molecule has 0 aromatic heterocycles. The average Bonchev–Trinajstić information content (AvgIpc) is 2.62. The summed E-state index contributed by atoms with van der Waals surface area (Å²) in [5.74, 6) is 1.13. The predicted molar refractivity (Wildman–Crippen MR) is 115 cm³/mol. The predicted octanol–water partition coefficient (Wildman–Crippen LogP) is 6.69. The molecular formula is C24H33ClO2. The van der Waals surface area contributed by atoms with E-state index in [0.29, 0.717) is 5.88 Å². The lowest BCUT2D eigenvalue weighted by molar-refractivity contribution is 0.388. The van der Waals surface area contributed by atoms with Gasteiger partial charge in [-0.1, -0.05) is 58.0 Å². The summed E-state index contributed by atoms with van der Waals surface area (Å²) in [7, 11) is 0. The number of hydrogen-bond donors (Lipinski definition) is 2. The number of alkyl halides is 1. The van der Waals surface area contributed by atoms with Gasteiger partial charge in [-0.25, -0.2) is 0 Å². The Hall–Kier alpha value is -1.67. The van der Waals surface area contributed by atoms with Crippen molar-refractivity contribution in [1.82, 2.24) is 0 Å². The molecule has 0 aliphatic heterocycles. The SMILES string of the molecule is CC(C)(CCCCl)c1cc(O)c(C(C)(C)CCCc2ccccc2)cc1O. The number of benzene rings is 2. The number of hydrogen-bond acceptors (Lipinski definition) is 2. The first-order valence-corrected chi connectivity index (χ1v) is 10.4. The fourth-order valence-corrected chi connectivity index (χ4v) is 3.95. The van der Waals surface area contributed by atoms with Crippen molar-refractivity contribution < 1.29 is 10.2 Å². The van der Waals surface area contributed by atoms with Crippen molar-refractivity contribution in [2.24, 2.45) is 0 Å². The van der Waals surface area contributed by atoms with E-state index in [0.717, 1.165) is 43.2 Å². The minimum absolute atomic E-state index is 0.213. The van der Waals surface area contributed by atoms with E-state index in [4.69, 9.17) is 11.6 Å². The van der Waals surface area contributed by atoms with Crippen LogP contribution in [-0.2, 0) is 17.3 Å². The van der Waals surface area contributed by atoms with Crippen LogP contribution in [0.25, 0.3) is 0 Å². The summed E-state index contributed by atoms with van der Waals surface area (Å²) in [5, 5.41) is 21.4. The molecule has 2 nitrogen and oxygen atoms in total. The van der Waals surface area contributed by atoms with Crippen LogP contribution < -0.4 is 0 Å². The molecule has 0 unspecified atom stereocenters. The Morgan fingerprint density at radius 2 is 1.26 bits per heavy atom. The highest BCUT2D eigenvalue weighted by Gasteiger charge is 2.29. The lowest BCUT2D eigenvalue weighted by atomic mass is 9.75. The summed E-state index contributed by atoms with van der Waals surface area (Å²) in [6.07, 6.45) is 4.72. The van der Waals surface area contributed by atoms with Crippen LogP contribution in [0.1, 0.15) is 70.1 Å². The molecule has 148 valence electrons. The van der Waals surface area contributed by atoms with Crippen LogP contribution in [0.2, 0.25) is 0 Å². The molecule has 0 spiro atoms. The van der Waals surface area contributed by atoms with Gasteiger partial charge in [-0.2, -0.15) is 0 Å². The maximum absolute atomic E-state index is 10.7. The largest absolute Gasteiger partial charge is 0.508 e. The summed E-state index contributed by atoms with van der Waals surface area (Å²) < 4.78 is 0. The van der Waals surface area contributed by atoms with Crippen molar-refractivity contribution in [3.8, 4) is 11.5 Å². The maximum Gasteiger partial charge on any atom is 0.119 e. The van der Waals surface area contributed by atoms with Crippen LogP contribution in [0.5, 0.6) is 11.5 Å². The molecule has 3 heteroatoms. The van der Waals surface area contributed by atoms with Gasteiger partial charge in [0.15, 0.2) is 0 Å². The number of rotatable bonds is 9. The third kappa shape index (κ3) is 5.65. The summed E-state index contributed by atoms with van der Waals surface area (Å²) in [4.78, 5) is 0. The maximum atomic E-state index is 10.7. The van der Waals surface area contributed by atoms with Gasteiger partial charge in [0.05, 0.1) is 0 Å². The number of phenols is 2. The number of halogens is 1. The number of phenolic OH excluding ortho intramolecular Hbond substituents is 2. The molecule has 0 saturated carbocycles. The van der Waals surface area contributed by atoms with Crippen molar-refractivity contribution in [3.63, 3.8) is 0 Å². The molecule has 0 heterocycles. The van der Waals surface area contributed by atoms with Crippen molar-refractivity contribution in [2.45, 2.75) is 70.6 Å². The quantitative estimate of drug-likeness (QED) is 0.370. The number of aromatic hydroxyl groups is 2.